The summed E-state index contributed by atoms with van der Waals surface area (Å²) in [7, 11) is -4.15. The molecule has 0 aliphatic rings. The normalized spacial score (nSPS) is 12.2. The Morgan fingerprint density at radius 2 is 1.66 bits per heavy atom. The molecule has 3 rings (SSSR count). The fourth-order valence-electron chi connectivity index (χ4n) is 4.17. The lowest BCUT2D eigenvalue weighted by atomic mass is 10.1. The van der Waals surface area contributed by atoms with E-state index in [0.717, 1.165) is 9.87 Å². The molecule has 1 unspecified atom stereocenters. The van der Waals surface area contributed by atoms with Crippen LogP contribution < -0.4 is 9.62 Å². The van der Waals surface area contributed by atoms with Crippen LogP contribution >= 0.6 is 39.1 Å². The minimum absolute atomic E-state index is 0.0280. The topological polar surface area (TPSA) is 86.8 Å². The van der Waals surface area contributed by atoms with Crippen LogP contribution in [-0.2, 0) is 26.2 Å². The molecule has 0 aromatic heterocycles. The Bertz CT molecular complexity index is 1480. The van der Waals surface area contributed by atoms with Gasteiger partial charge in [0.15, 0.2) is 0 Å². The van der Waals surface area contributed by atoms with Gasteiger partial charge in [0.05, 0.1) is 20.6 Å². The lowest BCUT2D eigenvalue weighted by molar-refractivity contribution is -0.140. The molecular weight excluding hydrogens is 649 g/mol. The highest BCUT2D eigenvalue weighted by atomic mass is 79.9. The first kappa shape index (κ1) is 32.9. The van der Waals surface area contributed by atoms with E-state index in [-0.39, 0.29) is 23.3 Å². The Labute approximate surface area is 261 Å². The van der Waals surface area contributed by atoms with E-state index in [1.165, 1.54) is 17.0 Å². The number of halogens is 3. The van der Waals surface area contributed by atoms with Gasteiger partial charge in [-0.1, -0.05) is 89.7 Å². The molecule has 1 atom stereocenters. The van der Waals surface area contributed by atoms with Crippen molar-refractivity contribution >= 4 is 66.7 Å². The van der Waals surface area contributed by atoms with Crippen molar-refractivity contribution in [3.63, 3.8) is 0 Å². The maximum absolute atomic E-state index is 14.1. The third kappa shape index (κ3) is 8.70. The second-order valence-corrected chi connectivity index (χ2v) is 13.7. The summed E-state index contributed by atoms with van der Waals surface area (Å²) in [5.41, 5.74) is 1.86. The number of hydrogen-bond donors (Lipinski definition) is 1. The predicted octanol–water partition coefficient (Wildman–Crippen LogP) is 6.84. The highest BCUT2D eigenvalue weighted by molar-refractivity contribution is 9.10. The monoisotopic (exact) mass is 681 g/mol. The van der Waals surface area contributed by atoms with Crippen molar-refractivity contribution in [1.29, 1.82) is 0 Å². The van der Waals surface area contributed by atoms with E-state index in [9.17, 15) is 18.0 Å². The van der Waals surface area contributed by atoms with E-state index in [1.807, 2.05) is 27.7 Å². The number of hydrogen-bond acceptors (Lipinski definition) is 4. The Hall–Kier alpha value is -2.59. The van der Waals surface area contributed by atoms with Crippen LogP contribution in [0.15, 0.2) is 76.1 Å². The molecule has 0 bridgehead atoms. The van der Waals surface area contributed by atoms with E-state index in [0.29, 0.717) is 38.7 Å². The Balaban J connectivity index is 2.06. The van der Waals surface area contributed by atoms with E-state index in [2.05, 4.69) is 21.2 Å². The van der Waals surface area contributed by atoms with Crippen molar-refractivity contribution in [1.82, 2.24) is 10.2 Å². The van der Waals surface area contributed by atoms with E-state index in [1.54, 1.807) is 54.6 Å². The van der Waals surface area contributed by atoms with E-state index in [4.69, 9.17) is 23.2 Å². The van der Waals surface area contributed by atoms with Gasteiger partial charge in [-0.3, -0.25) is 13.9 Å². The number of benzene rings is 3. The van der Waals surface area contributed by atoms with Crippen LogP contribution in [0.2, 0.25) is 10.0 Å². The van der Waals surface area contributed by atoms with E-state index < -0.39 is 28.5 Å². The molecule has 0 aliphatic heterocycles. The first-order chi connectivity index (χ1) is 19.3. The van der Waals surface area contributed by atoms with Gasteiger partial charge in [-0.15, -0.1) is 0 Å². The number of amides is 2. The maximum Gasteiger partial charge on any atom is 0.264 e. The first-order valence-electron chi connectivity index (χ1n) is 13.2. The Morgan fingerprint density at radius 3 is 2.24 bits per heavy atom. The van der Waals surface area contributed by atoms with Gasteiger partial charge in [0.2, 0.25) is 11.8 Å². The smallest absolute Gasteiger partial charge is 0.264 e. The average molecular weight is 683 g/mol. The molecule has 3 aromatic carbocycles. The molecule has 0 heterocycles. The zero-order valence-electron chi connectivity index (χ0n) is 23.4. The number of nitrogens with zero attached hydrogens (tertiary/aromatic N) is 2. The summed E-state index contributed by atoms with van der Waals surface area (Å²) < 4.78 is 29.6. The summed E-state index contributed by atoms with van der Waals surface area (Å²) in [4.78, 5) is 28.9. The summed E-state index contributed by atoms with van der Waals surface area (Å²) in [6.45, 7) is 7.57. The van der Waals surface area contributed by atoms with Crippen LogP contribution in [0.1, 0.15) is 38.3 Å². The van der Waals surface area contributed by atoms with E-state index >= 15 is 0 Å². The number of aryl methyl sites for hydroxylation is 1. The quantitative estimate of drug-likeness (QED) is 0.227. The highest BCUT2D eigenvalue weighted by Gasteiger charge is 2.33. The lowest BCUT2D eigenvalue weighted by Crippen LogP contribution is -2.52. The molecule has 0 fully saturated rings. The molecular formula is C30H34BrCl2N3O4S. The van der Waals surface area contributed by atoms with Crippen LogP contribution in [0.4, 0.5) is 5.69 Å². The molecule has 1 N–H and O–H groups in total. The number of sulfonamides is 1. The van der Waals surface area contributed by atoms with Crippen LogP contribution in [0.5, 0.6) is 0 Å². The number of anilines is 1. The van der Waals surface area contributed by atoms with Crippen molar-refractivity contribution in [3.8, 4) is 0 Å². The second-order valence-electron chi connectivity index (χ2n) is 10.1. The molecule has 0 saturated carbocycles. The molecule has 0 spiro atoms. The average Bonchev–Trinajstić information content (AvgIpc) is 2.92. The molecule has 41 heavy (non-hydrogen) atoms. The second kappa shape index (κ2) is 14.5. The summed E-state index contributed by atoms with van der Waals surface area (Å²) >= 11 is 15.8. The van der Waals surface area contributed by atoms with Gasteiger partial charge >= 0.3 is 0 Å². The van der Waals surface area contributed by atoms with Gasteiger partial charge in [0.1, 0.15) is 12.6 Å². The SMILES string of the molecule is CCC(C(=O)NCC(C)C)N(Cc1ccc(Cl)c(Cl)c1)C(=O)CN(c1cccc(Br)c1)S(=O)(=O)c1ccc(C)cc1. The fraction of sp³-hybridized carbons (Fsp3) is 0.333. The first-order valence-corrected chi connectivity index (χ1v) is 16.2. The summed E-state index contributed by atoms with van der Waals surface area (Å²) in [6, 6.07) is 17.3. The molecule has 7 nitrogen and oxygen atoms in total. The third-order valence-electron chi connectivity index (χ3n) is 6.39. The Kier molecular flexibility index (Phi) is 11.7. The fourth-order valence-corrected chi connectivity index (χ4v) is 6.29. The number of nitrogens with one attached hydrogen (secondary N) is 1. The highest BCUT2D eigenvalue weighted by Crippen LogP contribution is 2.28. The van der Waals surface area contributed by atoms with Crippen LogP contribution in [0, 0.1) is 12.8 Å². The minimum atomic E-state index is -4.15. The van der Waals surface area contributed by atoms with Crippen LogP contribution in [-0.4, -0.2) is 44.3 Å². The van der Waals surface area contributed by atoms with Crippen molar-refractivity contribution < 1.29 is 18.0 Å². The zero-order chi connectivity index (χ0) is 30.3. The molecule has 3 aromatic rings. The summed E-state index contributed by atoms with van der Waals surface area (Å²) in [5.74, 6) is -0.648. The Morgan fingerprint density at radius 1 is 0.976 bits per heavy atom. The van der Waals surface area contributed by atoms with Gasteiger partial charge in [-0.25, -0.2) is 8.42 Å². The van der Waals surface area contributed by atoms with Gasteiger partial charge in [0.25, 0.3) is 10.0 Å². The van der Waals surface area contributed by atoms with Crippen molar-refractivity contribution in [2.75, 3.05) is 17.4 Å². The molecule has 11 heteroatoms. The van der Waals surface area contributed by atoms with Crippen molar-refractivity contribution in [3.05, 3.63) is 92.4 Å². The third-order valence-corrected chi connectivity index (χ3v) is 9.41. The van der Waals surface area contributed by atoms with Crippen LogP contribution in [0.3, 0.4) is 0 Å². The molecule has 2 amide bonds. The number of rotatable bonds is 12. The lowest BCUT2D eigenvalue weighted by Gasteiger charge is -2.33. The zero-order valence-corrected chi connectivity index (χ0v) is 27.3. The predicted molar refractivity (Wildman–Crippen MR) is 169 cm³/mol. The molecule has 220 valence electrons. The van der Waals surface area contributed by atoms with Gasteiger partial charge in [-0.2, -0.15) is 0 Å². The largest absolute Gasteiger partial charge is 0.354 e. The minimum Gasteiger partial charge on any atom is -0.354 e. The van der Waals surface area contributed by atoms with Crippen molar-refractivity contribution in [2.24, 2.45) is 5.92 Å². The number of carbonyl (C=O) groups excluding carboxylic acids is 2. The summed E-state index contributed by atoms with van der Waals surface area (Å²) in [5, 5.41) is 3.58. The van der Waals surface area contributed by atoms with Crippen molar-refractivity contribution in [2.45, 2.75) is 51.6 Å². The van der Waals surface area contributed by atoms with Gasteiger partial charge < -0.3 is 10.2 Å². The maximum atomic E-state index is 14.1. The van der Waals surface area contributed by atoms with Gasteiger partial charge in [-0.05, 0) is 67.3 Å². The molecule has 0 radical (unpaired) electrons. The number of carbonyl (C=O) groups is 2. The standard InChI is InChI=1S/C30H34BrCl2N3O4S/c1-5-28(30(38)34-17-20(2)3)35(18-22-11-14-26(32)27(33)15-22)29(37)19-36(24-8-6-7-23(31)16-24)41(39,40)25-12-9-21(4)10-13-25/h6-16,20,28H,5,17-19H2,1-4H3,(H,34,38). The molecule has 0 aliphatic carbocycles. The summed E-state index contributed by atoms with van der Waals surface area (Å²) in [6.07, 6.45) is 0.318. The molecule has 0 saturated heterocycles. The van der Waals surface area contributed by atoms with Gasteiger partial charge in [0, 0.05) is 17.6 Å². The van der Waals surface area contributed by atoms with Crippen LogP contribution in [0.25, 0.3) is 0 Å².